The molecule has 0 N–H and O–H groups in total. The topological polar surface area (TPSA) is 74.7 Å². The molecule has 8 heteroatoms. The smallest absolute Gasteiger partial charge is 0.409 e. The van der Waals surface area contributed by atoms with Gasteiger partial charge in [0.25, 0.3) is 0 Å². The fourth-order valence-corrected chi connectivity index (χ4v) is 6.13. The molecule has 2 aliphatic carbocycles. The van der Waals surface area contributed by atoms with Crippen molar-refractivity contribution in [1.82, 2.24) is 24.8 Å². The molecule has 6 rings (SSSR count). The highest BCUT2D eigenvalue weighted by atomic mass is 16.6. The number of hydrogen-bond acceptors (Lipinski definition) is 7. The summed E-state index contributed by atoms with van der Waals surface area (Å²) < 4.78 is 5.17. The standard InChI is InChI=1S/C26H34N6O2/c1-2-34-25(33)32-17-26(18-32)8-7-20(15-26)30-11-13-31(14-12-30)24-21(23-16-27-9-10-28-23)5-6-22(29-24)19-3-4-19/h5-6,9-10,16,19-20H,2-4,7-8,11-15,17-18H2,1H3/t20-/m1/s1. The van der Waals surface area contributed by atoms with E-state index in [2.05, 4.69) is 31.9 Å². The number of ether oxygens (including phenoxy) is 1. The van der Waals surface area contributed by atoms with Gasteiger partial charge in [0, 0.05) is 80.3 Å². The molecule has 0 bridgehead atoms. The highest BCUT2D eigenvalue weighted by Gasteiger charge is 2.51. The summed E-state index contributed by atoms with van der Waals surface area (Å²) in [5.41, 5.74) is 3.51. The Bertz CT molecular complexity index is 1030. The molecule has 2 saturated heterocycles. The number of amides is 1. The molecule has 4 aliphatic rings. The van der Waals surface area contributed by atoms with E-state index in [0.717, 1.165) is 56.3 Å². The third-order valence-electron chi connectivity index (χ3n) is 8.12. The van der Waals surface area contributed by atoms with Gasteiger partial charge in [0.2, 0.25) is 0 Å². The molecule has 2 aliphatic heterocycles. The highest BCUT2D eigenvalue weighted by molar-refractivity contribution is 5.73. The minimum Gasteiger partial charge on any atom is -0.450 e. The molecule has 180 valence electrons. The monoisotopic (exact) mass is 462 g/mol. The molecular formula is C26H34N6O2. The third kappa shape index (κ3) is 4.13. The maximum atomic E-state index is 12.0. The lowest BCUT2D eigenvalue weighted by Gasteiger charge is -2.48. The average Bonchev–Trinajstić information content (AvgIpc) is 3.61. The lowest BCUT2D eigenvalue weighted by atomic mass is 9.78. The molecule has 34 heavy (non-hydrogen) atoms. The maximum absolute atomic E-state index is 12.0. The van der Waals surface area contributed by atoms with E-state index < -0.39 is 0 Å². The molecule has 1 amide bonds. The van der Waals surface area contributed by atoms with Crippen molar-refractivity contribution in [2.45, 2.75) is 51.0 Å². The molecule has 2 aromatic rings. The van der Waals surface area contributed by atoms with E-state index in [1.165, 1.54) is 37.8 Å². The molecule has 0 radical (unpaired) electrons. The number of carbonyl (C=O) groups is 1. The van der Waals surface area contributed by atoms with E-state index in [0.29, 0.717) is 24.0 Å². The largest absolute Gasteiger partial charge is 0.450 e. The summed E-state index contributed by atoms with van der Waals surface area (Å²) in [6.07, 6.45) is 11.3. The zero-order valence-corrected chi connectivity index (χ0v) is 20.0. The number of rotatable bonds is 5. The SMILES string of the molecule is CCOC(=O)N1CC2(CC[C@@H](N3CCN(c4nc(C5CC5)ccc4-c4cnccn4)CC3)C2)C1. The van der Waals surface area contributed by atoms with Crippen LogP contribution in [0.2, 0.25) is 0 Å². The molecule has 2 saturated carbocycles. The lowest BCUT2D eigenvalue weighted by Crippen LogP contribution is -2.58. The van der Waals surface area contributed by atoms with Gasteiger partial charge in [-0.15, -0.1) is 0 Å². The second-order valence-electron chi connectivity index (χ2n) is 10.4. The Hall–Kier alpha value is -2.74. The first kappa shape index (κ1) is 21.8. The van der Waals surface area contributed by atoms with E-state index in [-0.39, 0.29) is 6.09 Å². The molecule has 1 spiro atoms. The predicted molar refractivity (Wildman–Crippen MR) is 130 cm³/mol. The molecule has 2 aromatic heterocycles. The van der Waals surface area contributed by atoms with Gasteiger partial charge in [-0.2, -0.15) is 0 Å². The summed E-state index contributed by atoms with van der Waals surface area (Å²) in [6, 6.07) is 4.99. The summed E-state index contributed by atoms with van der Waals surface area (Å²) in [6.45, 7) is 8.11. The third-order valence-corrected chi connectivity index (χ3v) is 8.12. The van der Waals surface area contributed by atoms with E-state index in [1.54, 1.807) is 12.4 Å². The molecular weight excluding hydrogens is 428 g/mol. The Balaban J connectivity index is 1.11. The van der Waals surface area contributed by atoms with Crippen LogP contribution in [0.15, 0.2) is 30.7 Å². The summed E-state index contributed by atoms with van der Waals surface area (Å²) in [4.78, 5) is 33.0. The summed E-state index contributed by atoms with van der Waals surface area (Å²) >= 11 is 0. The first-order chi connectivity index (χ1) is 16.6. The van der Waals surface area contributed by atoms with Gasteiger partial charge in [-0.3, -0.25) is 14.9 Å². The molecule has 0 unspecified atom stereocenters. The number of likely N-dealkylation sites (tertiary alicyclic amines) is 1. The summed E-state index contributed by atoms with van der Waals surface area (Å²) in [5, 5.41) is 0. The van der Waals surface area contributed by atoms with Crippen LogP contribution >= 0.6 is 0 Å². The number of carbonyl (C=O) groups excluding carboxylic acids is 1. The van der Waals surface area contributed by atoms with Gasteiger partial charge in [-0.05, 0) is 51.2 Å². The number of hydrogen-bond donors (Lipinski definition) is 0. The van der Waals surface area contributed by atoms with Gasteiger partial charge >= 0.3 is 6.09 Å². The lowest BCUT2D eigenvalue weighted by molar-refractivity contribution is -0.00294. The molecule has 4 heterocycles. The van der Waals surface area contributed by atoms with E-state index in [4.69, 9.17) is 9.72 Å². The van der Waals surface area contributed by atoms with Crippen LogP contribution < -0.4 is 4.90 Å². The summed E-state index contributed by atoms with van der Waals surface area (Å²) in [5.74, 6) is 1.69. The van der Waals surface area contributed by atoms with Crippen molar-refractivity contribution < 1.29 is 9.53 Å². The Kier molecular flexibility index (Phi) is 5.63. The zero-order chi connectivity index (χ0) is 23.1. The van der Waals surface area contributed by atoms with Crippen molar-refractivity contribution in [2.75, 3.05) is 50.8 Å². The number of pyridine rings is 1. The van der Waals surface area contributed by atoms with E-state index in [1.807, 2.05) is 18.0 Å². The highest BCUT2D eigenvalue weighted by Crippen LogP contribution is 2.47. The van der Waals surface area contributed by atoms with Crippen molar-refractivity contribution in [3.63, 3.8) is 0 Å². The fraction of sp³-hybridized carbons (Fsp3) is 0.615. The Morgan fingerprint density at radius 2 is 1.94 bits per heavy atom. The first-order valence-electron chi connectivity index (χ1n) is 12.8. The van der Waals surface area contributed by atoms with Crippen LogP contribution in [0.25, 0.3) is 11.3 Å². The number of anilines is 1. The second kappa shape index (κ2) is 8.80. The second-order valence-corrected chi connectivity index (χ2v) is 10.4. The minimum absolute atomic E-state index is 0.148. The van der Waals surface area contributed by atoms with Gasteiger partial charge in [0.1, 0.15) is 5.82 Å². The Morgan fingerprint density at radius 3 is 2.65 bits per heavy atom. The van der Waals surface area contributed by atoms with Crippen molar-refractivity contribution >= 4 is 11.9 Å². The Morgan fingerprint density at radius 1 is 1.12 bits per heavy atom. The minimum atomic E-state index is -0.148. The number of piperazine rings is 1. The summed E-state index contributed by atoms with van der Waals surface area (Å²) in [7, 11) is 0. The average molecular weight is 463 g/mol. The molecule has 0 aromatic carbocycles. The van der Waals surface area contributed by atoms with Crippen molar-refractivity contribution in [3.8, 4) is 11.3 Å². The van der Waals surface area contributed by atoms with Crippen molar-refractivity contribution in [3.05, 3.63) is 36.4 Å². The van der Waals surface area contributed by atoms with Gasteiger partial charge in [-0.25, -0.2) is 9.78 Å². The van der Waals surface area contributed by atoms with Crippen LogP contribution in [0.4, 0.5) is 10.6 Å². The van der Waals surface area contributed by atoms with E-state index >= 15 is 0 Å². The number of nitrogens with zero attached hydrogens (tertiary/aromatic N) is 6. The normalized spacial score (nSPS) is 24.3. The van der Waals surface area contributed by atoms with Gasteiger partial charge < -0.3 is 14.5 Å². The molecule has 8 nitrogen and oxygen atoms in total. The van der Waals surface area contributed by atoms with Gasteiger partial charge in [0.05, 0.1) is 18.5 Å². The van der Waals surface area contributed by atoms with Gasteiger partial charge in [0.15, 0.2) is 0 Å². The van der Waals surface area contributed by atoms with Crippen LogP contribution in [0.3, 0.4) is 0 Å². The number of aromatic nitrogens is 3. The Labute approximate surface area is 201 Å². The van der Waals surface area contributed by atoms with Crippen molar-refractivity contribution in [1.29, 1.82) is 0 Å². The van der Waals surface area contributed by atoms with Crippen LogP contribution in [-0.2, 0) is 4.74 Å². The molecule has 1 atom stereocenters. The first-order valence-corrected chi connectivity index (χ1v) is 12.8. The van der Waals surface area contributed by atoms with Crippen LogP contribution in [0.5, 0.6) is 0 Å². The van der Waals surface area contributed by atoms with Gasteiger partial charge in [-0.1, -0.05) is 0 Å². The fourth-order valence-electron chi connectivity index (χ4n) is 6.13. The zero-order valence-electron chi connectivity index (χ0n) is 20.0. The van der Waals surface area contributed by atoms with Crippen molar-refractivity contribution in [2.24, 2.45) is 5.41 Å². The van der Waals surface area contributed by atoms with Crippen LogP contribution in [-0.4, -0.2) is 82.8 Å². The van der Waals surface area contributed by atoms with Crippen LogP contribution in [0.1, 0.15) is 50.6 Å². The van der Waals surface area contributed by atoms with E-state index in [9.17, 15) is 4.79 Å². The van der Waals surface area contributed by atoms with Crippen LogP contribution in [0, 0.1) is 5.41 Å². The predicted octanol–water partition coefficient (Wildman–Crippen LogP) is 3.55. The maximum Gasteiger partial charge on any atom is 0.409 e. The molecule has 4 fully saturated rings. The quantitative estimate of drug-likeness (QED) is 0.673.